The third-order valence-corrected chi connectivity index (χ3v) is 6.67. The molecule has 2 aromatic rings. The van der Waals surface area contributed by atoms with Gasteiger partial charge in [-0.25, -0.2) is 0 Å². The molecule has 0 aliphatic carbocycles. The van der Waals surface area contributed by atoms with Crippen LogP contribution in [0, 0.1) is 4.91 Å². The number of rotatable bonds is 7. The van der Waals surface area contributed by atoms with Crippen LogP contribution in [-0.2, 0) is 6.54 Å². The van der Waals surface area contributed by atoms with Crippen LogP contribution in [0.5, 0.6) is 0 Å². The molecule has 0 spiro atoms. The van der Waals surface area contributed by atoms with Crippen LogP contribution in [-0.4, -0.2) is 66.6 Å². The molecule has 8 heteroatoms. The maximum atomic E-state index is 12.8. The van der Waals surface area contributed by atoms with Gasteiger partial charge in [-0.15, -0.1) is 0 Å². The molecular weight excluding hydrogens is 414 g/mol. The predicted molar refractivity (Wildman–Crippen MR) is 124 cm³/mol. The summed E-state index contributed by atoms with van der Waals surface area (Å²) in [6.07, 6.45) is 4.59. The molecule has 0 N–H and O–H groups in total. The Hall–Kier alpha value is -2.38. The molecule has 2 aliphatic rings. The van der Waals surface area contributed by atoms with Crippen LogP contribution in [0.2, 0.25) is 5.02 Å². The largest absolute Gasteiger partial charge is 0.369 e. The highest BCUT2D eigenvalue weighted by molar-refractivity contribution is 6.30. The number of halogens is 1. The third-order valence-electron chi connectivity index (χ3n) is 6.44. The second kappa shape index (κ2) is 9.83. The summed E-state index contributed by atoms with van der Waals surface area (Å²) in [6, 6.07) is 9.52. The lowest BCUT2D eigenvalue weighted by Crippen LogP contribution is -2.46. The SMILES string of the molecule is CN1CCC(N=O)c2ccn(CCCCN3CCN(c4cccc(Cl)c4)CC3)c2C1=O. The summed E-state index contributed by atoms with van der Waals surface area (Å²) < 4.78 is 2.01. The van der Waals surface area contributed by atoms with E-state index in [1.54, 1.807) is 11.9 Å². The highest BCUT2D eigenvalue weighted by Gasteiger charge is 2.30. The average molecular weight is 444 g/mol. The van der Waals surface area contributed by atoms with Crippen molar-refractivity contribution in [1.82, 2.24) is 14.4 Å². The molecule has 1 fully saturated rings. The molecule has 1 aromatic carbocycles. The molecule has 1 saturated heterocycles. The smallest absolute Gasteiger partial charge is 0.270 e. The van der Waals surface area contributed by atoms with Gasteiger partial charge in [-0.05, 0) is 50.1 Å². The minimum Gasteiger partial charge on any atom is -0.369 e. The summed E-state index contributed by atoms with van der Waals surface area (Å²) in [7, 11) is 1.79. The number of piperazine rings is 1. The Kier molecular flexibility index (Phi) is 6.92. The number of benzene rings is 1. The van der Waals surface area contributed by atoms with Gasteiger partial charge in [0.25, 0.3) is 5.91 Å². The molecule has 1 amide bonds. The number of aryl methyl sites for hydroxylation is 1. The van der Waals surface area contributed by atoms with Gasteiger partial charge in [0.1, 0.15) is 11.7 Å². The molecule has 4 rings (SSSR count). The van der Waals surface area contributed by atoms with E-state index >= 15 is 0 Å². The fourth-order valence-corrected chi connectivity index (χ4v) is 4.76. The first-order valence-corrected chi connectivity index (χ1v) is 11.4. The summed E-state index contributed by atoms with van der Waals surface area (Å²) >= 11 is 6.12. The van der Waals surface area contributed by atoms with Crippen molar-refractivity contribution < 1.29 is 4.79 Å². The first kappa shape index (κ1) is 21.8. The van der Waals surface area contributed by atoms with Gasteiger partial charge < -0.3 is 14.4 Å². The number of carbonyl (C=O) groups is 1. The monoisotopic (exact) mass is 443 g/mol. The van der Waals surface area contributed by atoms with Crippen LogP contribution >= 0.6 is 11.6 Å². The van der Waals surface area contributed by atoms with Crippen molar-refractivity contribution in [3.8, 4) is 0 Å². The van der Waals surface area contributed by atoms with Crippen molar-refractivity contribution in [2.75, 3.05) is 51.2 Å². The number of aromatic nitrogens is 1. The van der Waals surface area contributed by atoms with Gasteiger partial charge in [0.05, 0.1) is 0 Å². The number of nitrogens with zero attached hydrogens (tertiary/aromatic N) is 5. The van der Waals surface area contributed by atoms with E-state index < -0.39 is 6.04 Å². The van der Waals surface area contributed by atoms with Crippen LogP contribution < -0.4 is 4.90 Å². The van der Waals surface area contributed by atoms with Gasteiger partial charge in [-0.2, -0.15) is 4.91 Å². The number of hydrogen-bond donors (Lipinski definition) is 0. The summed E-state index contributed by atoms with van der Waals surface area (Å²) in [4.78, 5) is 30.6. The highest BCUT2D eigenvalue weighted by Crippen LogP contribution is 2.30. The lowest BCUT2D eigenvalue weighted by molar-refractivity contribution is 0.0788. The molecule has 0 radical (unpaired) electrons. The second-order valence-electron chi connectivity index (χ2n) is 8.47. The molecule has 0 saturated carbocycles. The van der Waals surface area contributed by atoms with Crippen molar-refractivity contribution in [2.24, 2.45) is 5.18 Å². The van der Waals surface area contributed by atoms with Crippen molar-refractivity contribution >= 4 is 23.2 Å². The first-order chi connectivity index (χ1) is 15.1. The van der Waals surface area contributed by atoms with Crippen LogP contribution in [0.15, 0.2) is 41.7 Å². The van der Waals surface area contributed by atoms with Gasteiger partial charge in [0.15, 0.2) is 0 Å². The van der Waals surface area contributed by atoms with E-state index in [1.807, 2.05) is 35.0 Å². The number of amides is 1. The maximum absolute atomic E-state index is 12.8. The lowest BCUT2D eigenvalue weighted by atomic mass is 10.1. The Morgan fingerprint density at radius 1 is 1.06 bits per heavy atom. The van der Waals surface area contributed by atoms with Crippen LogP contribution in [0.4, 0.5) is 5.69 Å². The van der Waals surface area contributed by atoms with Crippen molar-refractivity contribution in [2.45, 2.75) is 31.8 Å². The zero-order chi connectivity index (χ0) is 21.8. The zero-order valence-corrected chi connectivity index (χ0v) is 18.8. The molecular formula is C23H30ClN5O2. The number of carbonyl (C=O) groups excluding carboxylic acids is 1. The maximum Gasteiger partial charge on any atom is 0.270 e. The van der Waals surface area contributed by atoms with Gasteiger partial charge in [-0.3, -0.25) is 9.69 Å². The number of nitroso groups, excluding NO2 is 1. The van der Waals surface area contributed by atoms with Gasteiger partial charge in [-0.1, -0.05) is 22.8 Å². The average Bonchev–Trinajstić information content (AvgIpc) is 3.15. The van der Waals surface area contributed by atoms with Gasteiger partial charge in [0, 0.05) is 68.8 Å². The van der Waals surface area contributed by atoms with E-state index in [1.165, 1.54) is 5.69 Å². The Labute approximate surface area is 188 Å². The quantitative estimate of drug-likeness (QED) is 0.479. The van der Waals surface area contributed by atoms with E-state index in [9.17, 15) is 9.70 Å². The van der Waals surface area contributed by atoms with E-state index in [2.05, 4.69) is 21.0 Å². The molecule has 1 atom stereocenters. The minimum absolute atomic E-state index is 0.0108. The molecule has 166 valence electrons. The Morgan fingerprint density at radius 3 is 2.58 bits per heavy atom. The predicted octanol–water partition coefficient (Wildman–Crippen LogP) is 4.03. The normalized spacial score (nSPS) is 19.9. The molecule has 31 heavy (non-hydrogen) atoms. The number of unbranched alkanes of at least 4 members (excludes halogenated alkanes) is 1. The Bertz CT molecular complexity index is 922. The summed E-state index contributed by atoms with van der Waals surface area (Å²) in [5.74, 6) is -0.0108. The molecule has 1 unspecified atom stereocenters. The van der Waals surface area contributed by atoms with Gasteiger partial charge >= 0.3 is 0 Å². The number of fused-ring (bicyclic) bond motifs is 1. The lowest BCUT2D eigenvalue weighted by Gasteiger charge is -2.36. The summed E-state index contributed by atoms with van der Waals surface area (Å²) in [6.45, 7) is 6.49. The molecule has 1 aromatic heterocycles. The van der Waals surface area contributed by atoms with Crippen molar-refractivity contribution in [1.29, 1.82) is 0 Å². The third kappa shape index (κ3) is 4.93. The molecule has 0 bridgehead atoms. The summed E-state index contributed by atoms with van der Waals surface area (Å²) in [5, 5.41) is 4.04. The van der Waals surface area contributed by atoms with E-state index in [-0.39, 0.29) is 5.91 Å². The molecule has 7 nitrogen and oxygen atoms in total. The van der Waals surface area contributed by atoms with Crippen molar-refractivity contribution in [3.63, 3.8) is 0 Å². The van der Waals surface area contributed by atoms with Crippen LogP contribution in [0.1, 0.15) is 41.4 Å². The Balaban J connectivity index is 1.26. The highest BCUT2D eigenvalue weighted by atomic mass is 35.5. The minimum atomic E-state index is -0.430. The molecule has 2 aliphatic heterocycles. The van der Waals surface area contributed by atoms with E-state index in [0.29, 0.717) is 18.7 Å². The topological polar surface area (TPSA) is 61.2 Å². The number of hydrogen-bond acceptors (Lipinski definition) is 5. The van der Waals surface area contributed by atoms with E-state index in [0.717, 1.165) is 62.7 Å². The van der Waals surface area contributed by atoms with Gasteiger partial charge in [0.2, 0.25) is 0 Å². The fraction of sp³-hybridized carbons (Fsp3) is 0.522. The van der Waals surface area contributed by atoms with E-state index in [4.69, 9.17) is 11.6 Å². The first-order valence-electron chi connectivity index (χ1n) is 11.1. The molecule has 3 heterocycles. The fourth-order valence-electron chi connectivity index (χ4n) is 4.57. The second-order valence-corrected chi connectivity index (χ2v) is 8.90. The van der Waals surface area contributed by atoms with Crippen LogP contribution in [0.3, 0.4) is 0 Å². The number of anilines is 1. The standard InChI is InChI=1S/C23H30ClN5O2/c1-26-11-8-21(25-31)20-7-12-29(22(20)23(26)30)10-3-2-9-27-13-15-28(16-14-27)19-6-4-5-18(24)17-19/h4-7,12,17,21H,2-3,8-11,13-16H2,1H3. The van der Waals surface area contributed by atoms with Crippen molar-refractivity contribution in [3.05, 3.63) is 57.7 Å². The summed E-state index contributed by atoms with van der Waals surface area (Å²) in [5.41, 5.74) is 2.61. The Morgan fingerprint density at radius 2 is 1.84 bits per heavy atom. The van der Waals surface area contributed by atoms with Crippen LogP contribution in [0.25, 0.3) is 0 Å². The zero-order valence-electron chi connectivity index (χ0n) is 18.0.